The molecule has 0 spiro atoms. The number of halogens is 2. The van der Waals surface area contributed by atoms with E-state index in [1.54, 1.807) is 12.4 Å². The van der Waals surface area contributed by atoms with Gasteiger partial charge < -0.3 is 5.32 Å². The van der Waals surface area contributed by atoms with E-state index in [-0.39, 0.29) is 5.56 Å². The zero-order chi connectivity index (χ0) is 20.0. The molecule has 0 aliphatic heterocycles. The Hall–Kier alpha value is -2.63. The van der Waals surface area contributed by atoms with Crippen molar-refractivity contribution in [1.82, 2.24) is 15.0 Å². The molecule has 0 aromatic carbocycles. The van der Waals surface area contributed by atoms with Crippen LogP contribution < -0.4 is 5.32 Å². The van der Waals surface area contributed by atoms with E-state index in [0.29, 0.717) is 17.4 Å². The molecule has 3 aliphatic rings. The quantitative estimate of drug-likeness (QED) is 0.717. The summed E-state index contributed by atoms with van der Waals surface area (Å²) in [6.45, 7) is 2.20. The van der Waals surface area contributed by atoms with Crippen LogP contribution in [0.4, 0.5) is 14.6 Å². The fraction of sp³-hybridized carbons (Fsp3) is 0.435. The van der Waals surface area contributed by atoms with Crippen LogP contribution in [0.3, 0.4) is 0 Å². The third kappa shape index (κ3) is 3.24. The van der Waals surface area contributed by atoms with Crippen LogP contribution in [0.5, 0.6) is 0 Å². The van der Waals surface area contributed by atoms with Gasteiger partial charge in [0.25, 0.3) is 0 Å². The highest BCUT2D eigenvalue weighted by molar-refractivity contribution is 5.79. The van der Waals surface area contributed by atoms with Crippen molar-refractivity contribution in [3.63, 3.8) is 0 Å². The number of pyridine rings is 1. The van der Waals surface area contributed by atoms with E-state index in [2.05, 4.69) is 27.2 Å². The van der Waals surface area contributed by atoms with Crippen LogP contribution in [0.2, 0.25) is 0 Å². The SMILES string of the molecule is CC1=C(c2cnc(NC(=C3CCC3)c3c(F)cncc3F)cn2)C2CCCC2C1. The van der Waals surface area contributed by atoms with Crippen molar-refractivity contribution >= 4 is 17.1 Å². The summed E-state index contributed by atoms with van der Waals surface area (Å²) in [5.41, 5.74) is 5.11. The first-order valence-electron chi connectivity index (χ1n) is 10.4. The summed E-state index contributed by atoms with van der Waals surface area (Å²) in [5, 5.41) is 3.14. The molecule has 2 atom stereocenters. The molecule has 0 bridgehead atoms. The van der Waals surface area contributed by atoms with Crippen molar-refractivity contribution in [2.45, 2.75) is 51.9 Å². The van der Waals surface area contributed by atoms with E-state index in [4.69, 9.17) is 0 Å². The lowest BCUT2D eigenvalue weighted by atomic mass is 9.88. The lowest BCUT2D eigenvalue weighted by Crippen LogP contribution is -2.13. The lowest BCUT2D eigenvalue weighted by molar-refractivity contribution is 0.498. The predicted octanol–water partition coefficient (Wildman–Crippen LogP) is 5.75. The minimum absolute atomic E-state index is 0.0660. The average Bonchev–Trinajstić information content (AvgIpc) is 3.21. The fourth-order valence-corrected chi connectivity index (χ4v) is 5.13. The van der Waals surface area contributed by atoms with E-state index in [0.717, 1.165) is 48.8 Å². The number of hydrogen-bond donors (Lipinski definition) is 1. The molecular weight excluding hydrogens is 370 g/mol. The summed E-state index contributed by atoms with van der Waals surface area (Å²) in [7, 11) is 0. The molecule has 0 amide bonds. The monoisotopic (exact) mass is 394 g/mol. The van der Waals surface area contributed by atoms with Gasteiger partial charge in [0.1, 0.15) is 5.82 Å². The van der Waals surface area contributed by atoms with E-state index in [9.17, 15) is 8.78 Å². The van der Waals surface area contributed by atoms with Crippen LogP contribution in [0.1, 0.15) is 63.1 Å². The topological polar surface area (TPSA) is 50.7 Å². The maximum atomic E-state index is 14.3. The molecule has 0 radical (unpaired) electrons. The molecule has 1 N–H and O–H groups in total. The Morgan fingerprint density at radius 2 is 1.79 bits per heavy atom. The molecule has 2 unspecified atom stereocenters. The highest BCUT2D eigenvalue weighted by Crippen LogP contribution is 2.50. The summed E-state index contributed by atoms with van der Waals surface area (Å²) in [5.74, 6) is 0.525. The molecule has 150 valence electrons. The van der Waals surface area contributed by atoms with Gasteiger partial charge in [-0.1, -0.05) is 12.0 Å². The van der Waals surface area contributed by atoms with Gasteiger partial charge in [-0.2, -0.15) is 0 Å². The second-order valence-corrected chi connectivity index (χ2v) is 8.42. The smallest absolute Gasteiger partial charge is 0.153 e. The zero-order valence-corrected chi connectivity index (χ0v) is 16.5. The number of nitrogens with one attached hydrogen (secondary N) is 1. The molecule has 4 nitrogen and oxygen atoms in total. The molecule has 2 aromatic rings. The first kappa shape index (κ1) is 18.4. The average molecular weight is 394 g/mol. The predicted molar refractivity (Wildman–Crippen MR) is 109 cm³/mol. The van der Waals surface area contributed by atoms with Gasteiger partial charge in [-0.15, -0.1) is 0 Å². The summed E-state index contributed by atoms with van der Waals surface area (Å²) in [6.07, 6.45) is 13.2. The summed E-state index contributed by atoms with van der Waals surface area (Å²) >= 11 is 0. The standard InChI is InChI=1S/C23H24F2N4/c1-13-8-15-6-3-7-16(15)21(13)19-11-28-20(12-27-19)29-23(14-4-2-5-14)22-17(24)9-26-10-18(22)25/h9-12,15-16H,2-8H2,1H3,(H,28,29). The molecule has 0 saturated heterocycles. The van der Waals surface area contributed by atoms with Crippen LogP contribution in [0.25, 0.3) is 11.3 Å². The highest BCUT2D eigenvalue weighted by Gasteiger charge is 2.37. The molecule has 2 heterocycles. The minimum atomic E-state index is -0.671. The van der Waals surface area contributed by atoms with Gasteiger partial charge in [-0.05, 0) is 68.4 Å². The maximum absolute atomic E-state index is 14.3. The van der Waals surface area contributed by atoms with E-state index in [1.807, 2.05) is 0 Å². The Morgan fingerprint density at radius 3 is 2.45 bits per heavy atom. The third-order valence-corrected chi connectivity index (χ3v) is 6.65. The van der Waals surface area contributed by atoms with Crippen molar-refractivity contribution in [1.29, 1.82) is 0 Å². The largest absolute Gasteiger partial charge is 0.338 e. The molecule has 6 heteroatoms. The van der Waals surface area contributed by atoms with Crippen molar-refractivity contribution in [3.05, 3.63) is 58.8 Å². The van der Waals surface area contributed by atoms with Gasteiger partial charge in [0.2, 0.25) is 0 Å². The molecule has 29 heavy (non-hydrogen) atoms. The van der Waals surface area contributed by atoms with E-state index >= 15 is 0 Å². The second-order valence-electron chi connectivity index (χ2n) is 8.42. The number of nitrogens with zero attached hydrogens (tertiary/aromatic N) is 3. The summed E-state index contributed by atoms with van der Waals surface area (Å²) < 4.78 is 28.7. The van der Waals surface area contributed by atoms with Crippen LogP contribution in [-0.2, 0) is 0 Å². The van der Waals surface area contributed by atoms with Crippen molar-refractivity contribution in [2.75, 3.05) is 5.32 Å². The third-order valence-electron chi connectivity index (χ3n) is 6.65. The van der Waals surface area contributed by atoms with E-state index < -0.39 is 11.6 Å². The normalized spacial score (nSPS) is 23.2. The molecule has 3 aliphatic carbocycles. The van der Waals surface area contributed by atoms with Gasteiger partial charge in [-0.25, -0.2) is 13.8 Å². The Morgan fingerprint density at radius 1 is 1.00 bits per heavy atom. The maximum Gasteiger partial charge on any atom is 0.153 e. The Kier molecular flexibility index (Phi) is 4.64. The van der Waals surface area contributed by atoms with Gasteiger partial charge >= 0.3 is 0 Å². The summed E-state index contributed by atoms with van der Waals surface area (Å²) in [6, 6.07) is 0. The second kappa shape index (κ2) is 7.32. The van der Waals surface area contributed by atoms with Gasteiger partial charge in [0, 0.05) is 0 Å². The number of anilines is 1. The first-order chi connectivity index (χ1) is 14.1. The Labute approximate surface area is 169 Å². The highest BCUT2D eigenvalue weighted by atomic mass is 19.1. The van der Waals surface area contributed by atoms with Crippen LogP contribution in [-0.4, -0.2) is 15.0 Å². The van der Waals surface area contributed by atoms with E-state index in [1.165, 1.54) is 36.8 Å². The van der Waals surface area contributed by atoms with Crippen molar-refractivity contribution < 1.29 is 8.78 Å². The number of allylic oxidation sites excluding steroid dienone is 3. The lowest BCUT2D eigenvalue weighted by Gasteiger charge is -2.23. The van der Waals surface area contributed by atoms with Crippen LogP contribution in [0.15, 0.2) is 35.9 Å². The Balaban J connectivity index is 1.44. The molecule has 2 saturated carbocycles. The van der Waals surface area contributed by atoms with Gasteiger partial charge in [0.15, 0.2) is 11.6 Å². The van der Waals surface area contributed by atoms with Crippen molar-refractivity contribution in [3.8, 4) is 0 Å². The first-order valence-corrected chi connectivity index (χ1v) is 10.4. The minimum Gasteiger partial charge on any atom is -0.338 e. The van der Waals surface area contributed by atoms with Gasteiger partial charge in [0.05, 0.1) is 41.7 Å². The van der Waals surface area contributed by atoms with Crippen LogP contribution >= 0.6 is 0 Å². The molecule has 2 fully saturated rings. The van der Waals surface area contributed by atoms with Gasteiger partial charge in [-0.3, -0.25) is 9.97 Å². The number of hydrogen-bond acceptors (Lipinski definition) is 4. The van der Waals surface area contributed by atoms with Crippen LogP contribution in [0, 0.1) is 23.5 Å². The zero-order valence-electron chi connectivity index (χ0n) is 16.5. The molecule has 5 rings (SSSR count). The fourth-order valence-electron chi connectivity index (χ4n) is 5.13. The number of rotatable bonds is 4. The molecular formula is C23H24F2N4. The summed E-state index contributed by atoms with van der Waals surface area (Å²) in [4.78, 5) is 12.8. The number of aromatic nitrogens is 3. The molecule has 2 aromatic heterocycles. The Bertz CT molecular complexity index is 984. The van der Waals surface area contributed by atoms with Crippen molar-refractivity contribution in [2.24, 2.45) is 11.8 Å². The number of fused-ring (bicyclic) bond motifs is 1.